The Balaban J connectivity index is 2.26. The minimum Gasteiger partial charge on any atom is -0.382 e. The van der Waals surface area contributed by atoms with Gasteiger partial charge in [0.2, 0.25) is 0 Å². The van der Waals surface area contributed by atoms with Crippen LogP contribution in [0.4, 0.5) is 0 Å². The summed E-state index contributed by atoms with van der Waals surface area (Å²) >= 11 is 0. The van der Waals surface area contributed by atoms with E-state index >= 15 is 0 Å². The molecule has 2 aliphatic rings. The minimum absolute atomic E-state index is 0.0274. The molecule has 46 heavy (non-hydrogen) atoms. The molecule has 0 spiro atoms. The Morgan fingerprint density at radius 2 is 0.826 bits per heavy atom. The molecule has 16 nitrogen and oxygen atoms in total. The summed E-state index contributed by atoms with van der Waals surface area (Å²) in [7, 11) is 18.9. The van der Waals surface area contributed by atoms with Crippen molar-refractivity contribution in [1.29, 1.82) is 0 Å². The van der Waals surface area contributed by atoms with E-state index in [0.29, 0.717) is 0 Å². The number of methoxy groups -OCH3 is 12. The van der Waals surface area contributed by atoms with Gasteiger partial charge in [0.15, 0.2) is 12.6 Å². The van der Waals surface area contributed by atoms with Gasteiger partial charge in [-0.15, -0.1) is 0 Å². The van der Waals surface area contributed by atoms with E-state index in [1.807, 2.05) is 0 Å². The average molecular weight is 675 g/mol. The molecular formula is C30H58O16. The third-order valence-corrected chi connectivity index (χ3v) is 8.53. The van der Waals surface area contributed by atoms with Crippen LogP contribution in [-0.2, 0) is 75.8 Å². The molecule has 274 valence electrons. The van der Waals surface area contributed by atoms with Crippen molar-refractivity contribution in [2.75, 3.05) is 112 Å². The molecule has 2 heterocycles. The van der Waals surface area contributed by atoms with Crippen molar-refractivity contribution in [3.05, 3.63) is 0 Å². The largest absolute Gasteiger partial charge is 0.382 e. The van der Waals surface area contributed by atoms with E-state index in [0.717, 1.165) is 0 Å². The molecule has 0 aromatic heterocycles. The molecule has 0 aliphatic carbocycles. The lowest BCUT2D eigenvalue weighted by Gasteiger charge is -2.47. The van der Waals surface area contributed by atoms with Crippen LogP contribution in [0.1, 0.15) is 0 Å². The van der Waals surface area contributed by atoms with E-state index in [4.69, 9.17) is 75.8 Å². The molecule has 2 rings (SSSR count). The molecule has 2 saturated heterocycles. The van der Waals surface area contributed by atoms with Crippen LogP contribution in [0.2, 0.25) is 0 Å². The van der Waals surface area contributed by atoms with E-state index in [2.05, 4.69) is 0 Å². The minimum atomic E-state index is -0.903. The summed E-state index contributed by atoms with van der Waals surface area (Å²) in [5, 5.41) is 0. The van der Waals surface area contributed by atoms with Crippen LogP contribution in [-0.4, -0.2) is 198 Å². The second kappa shape index (κ2) is 22.2. The van der Waals surface area contributed by atoms with Crippen molar-refractivity contribution in [2.24, 2.45) is 0 Å². The van der Waals surface area contributed by atoms with E-state index < -0.39 is 85.8 Å². The maximum absolute atomic E-state index is 6.43. The molecule has 16 heteroatoms. The van der Waals surface area contributed by atoms with E-state index in [1.165, 1.54) is 0 Å². The zero-order chi connectivity index (χ0) is 34.2. The highest BCUT2D eigenvalue weighted by atomic mass is 16.8. The van der Waals surface area contributed by atoms with Crippen molar-refractivity contribution in [3.8, 4) is 0 Å². The van der Waals surface area contributed by atoms with Crippen LogP contribution in [0.3, 0.4) is 0 Å². The van der Waals surface area contributed by atoms with E-state index in [9.17, 15) is 0 Å². The van der Waals surface area contributed by atoms with Crippen molar-refractivity contribution in [1.82, 2.24) is 0 Å². The predicted molar refractivity (Wildman–Crippen MR) is 161 cm³/mol. The molecular weight excluding hydrogens is 616 g/mol. The molecule has 2 aliphatic heterocycles. The highest BCUT2D eigenvalue weighted by molar-refractivity contribution is 4.95. The van der Waals surface area contributed by atoms with Crippen LogP contribution < -0.4 is 0 Å². The third kappa shape index (κ3) is 10.2. The lowest BCUT2D eigenvalue weighted by atomic mass is 9.97. The van der Waals surface area contributed by atoms with Gasteiger partial charge >= 0.3 is 0 Å². The SMILES string of the molecule is COCC(OC)C(OC)C(OC)C(CO[C@@H]1O[C@H](COC2OC(COC)C(OC)C(OC)C2OC)[C@H](OC)[C@H](OC)[C@H]1OC)OC. The van der Waals surface area contributed by atoms with Crippen molar-refractivity contribution in [2.45, 2.75) is 85.8 Å². The van der Waals surface area contributed by atoms with Crippen molar-refractivity contribution in [3.63, 3.8) is 0 Å². The van der Waals surface area contributed by atoms with Crippen LogP contribution >= 0.6 is 0 Å². The standard InChI is InChI=1S/C30H58O16/c1-31-13-17(33-3)21(35-5)22(36-6)18(34-4)15-43-29-28(42-12)26(40-10)24(38-8)20(46-29)16-44-30-27(41-11)25(39-9)23(37-7)19(45-30)14-32-2/h17-30H,13-16H2,1-12H3/t17?,18?,19?,20-,21?,22?,23?,24+,25?,26+,27?,28-,29-,30?/m1/s1. The van der Waals surface area contributed by atoms with Gasteiger partial charge in [0.25, 0.3) is 0 Å². The van der Waals surface area contributed by atoms with E-state index in [1.54, 1.807) is 85.3 Å². The van der Waals surface area contributed by atoms with Gasteiger partial charge in [0.1, 0.15) is 73.2 Å². The number of hydrogen-bond acceptors (Lipinski definition) is 16. The van der Waals surface area contributed by atoms with Crippen LogP contribution in [0.25, 0.3) is 0 Å². The quantitative estimate of drug-likeness (QED) is 0.142. The van der Waals surface area contributed by atoms with Gasteiger partial charge in [-0.1, -0.05) is 0 Å². The first kappa shape index (κ1) is 41.5. The normalized spacial score (nSPS) is 34.7. The van der Waals surface area contributed by atoms with Crippen LogP contribution in [0, 0.1) is 0 Å². The maximum Gasteiger partial charge on any atom is 0.187 e. The van der Waals surface area contributed by atoms with Crippen LogP contribution in [0.15, 0.2) is 0 Å². The molecule has 0 bridgehead atoms. The van der Waals surface area contributed by atoms with Gasteiger partial charge < -0.3 is 75.8 Å². The number of hydrogen-bond donors (Lipinski definition) is 0. The zero-order valence-electron chi connectivity index (χ0n) is 29.4. The zero-order valence-corrected chi connectivity index (χ0v) is 29.4. The fourth-order valence-corrected chi connectivity index (χ4v) is 6.19. The van der Waals surface area contributed by atoms with Gasteiger partial charge in [-0.05, 0) is 0 Å². The number of ether oxygens (including phenoxy) is 16. The van der Waals surface area contributed by atoms with Gasteiger partial charge in [0.05, 0.1) is 26.4 Å². The van der Waals surface area contributed by atoms with Crippen molar-refractivity contribution >= 4 is 0 Å². The Labute approximate surface area is 273 Å². The molecule has 0 saturated carbocycles. The summed E-state index contributed by atoms with van der Waals surface area (Å²) in [6.07, 6.45) is -8.36. The van der Waals surface area contributed by atoms with Gasteiger partial charge in [0, 0.05) is 85.3 Å². The molecule has 0 N–H and O–H groups in total. The highest BCUT2D eigenvalue weighted by Crippen LogP contribution is 2.32. The first-order chi connectivity index (χ1) is 22.3. The Kier molecular flexibility index (Phi) is 20.0. The Morgan fingerprint density at radius 1 is 0.413 bits per heavy atom. The second-order valence-electron chi connectivity index (χ2n) is 10.8. The Hall–Kier alpha value is -0.640. The average Bonchev–Trinajstić information content (AvgIpc) is 3.08. The Bertz CT molecular complexity index is 781. The molecule has 9 unspecified atom stereocenters. The fourth-order valence-electron chi connectivity index (χ4n) is 6.19. The second-order valence-corrected chi connectivity index (χ2v) is 10.8. The first-order valence-corrected chi connectivity index (χ1v) is 15.1. The third-order valence-electron chi connectivity index (χ3n) is 8.53. The molecule has 0 amide bonds. The van der Waals surface area contributed by atoms with Crippen LogP contribution in [0.5, 0.6) is 0 Å². The van der Waals surface area contributed by atoms with Gasteiger partial charge in [-0.25, -0.2) is 0 Å². The summed E-state index contributed by atoms with van der Waals surface area (Å²) < 4.78 is 93.6. The summed E-state index contributed by atoms with van der Waals surface area (Å²) in [4.78, 5) is 0. The smallest absolute Gasteiger partial charge is 0.187 e. The topological polar surface area (TPSA) is 148 Å². The summed E-state index contributed by atoms with van der Waals surface area (Å²) in [6.45, 7) is 0.627. The molecule has 0 aromatic carbocycles. The molecule has 0 radical (unpaired) electrons. The van der Waals surface area contributed by atoms with Gasteiger partial charge in [-0.3, -0.25) is 0 Å². The molecule has 0 aromatic rings. The summed E-state index contributed by atoms with van der Waals surface area (Å²) in [5.74, 6) is 0. The summed E-state index contributed by atoms with van der Waals surface area (Å²) in [6, 6.07) is 0. The highest BCUT2D eigenvalue weighted by Gasteiger charge is 2.51. The lowest BCUT2D eigenvalue weighted by Crippen LogP contribution is -2.63. The maximum atomic E-state index is 6.43. The van der Waals surface area contributed by atoms with Crippen molar-refractivity contribution < 1.29 is 75.8 Å². The van der Waals surface area contributed by atoms with Gasteiger partial charge in [-0.2, -0.15) is 0 Å². The lowest BCUT2D eigenvalue weighted by molar-refractivity contribution is -0.343. The molecule has 2 fully saturated rings. The monoisotopic (exact) mass is 674 g/mol. The fraction of sp³-hybridized carbons (Fsp3) is 1.00. The molecule has 14 atom stereocenters. The Morgan fingerprint density at radius 3 is 1.20 bits per heavy atom. The van der Waals surface area contributed by atoms with E-state index in [-0.39, 0.29) is 26.4 Å². The summed E-state index contributed by atoms with van der Waals surface area (Å²) in [5.41, 5.74) is 0. The predicted octanol–water partition coefficient (Wildman–Crippen LogP) is -0.0878. The number of rotatable bonds is 23. The first-order valence-electron chi connectivity index (χ1n) is 15.1.